The molecular weight excluding hydrogens is 376 g/mol. The van der Waals surface area contributed by atoms with Crippen LogP contribution in [0.1, 0.15) is 23.9 Å². The Labute approximate surface area is 175 Å². The first-order valence-electron chi connectivity index (χ1n) is 10.1. The van der Waals surface area contributed by atoms with Crippen molar-refractivity contribution in [2.75, 3.05) is 0 Å². The monoisotopic (exact) mass is 402 g/mol. The smallest absolute Gasteiger partial charge is 0.242 e. The number of amides is 1. The number of hydrogen-bond donors (Lipinski definition) is 1. The van der Waals surface area contributed by atoms with Crippen molar-refractivity contribution in [3.8, 4) is 11.1 Å². The van der Waals surface area contributed by atoms with Crippen LogP contribution in [0.2, 0.25) is 0 Å². The van der Waals surface area contributed by atoms with Crippen molar-refractivity contribution >= 4 is 16.9 Å². The molecule has 0 saturated heterocycles. The summed E-state index contributed by atoms with van der Waals surface area (Å²) in [6.45, 7) is 8.68. The third kappa shape index (κ3) is 4.10. The molecular formula is C23H26N6O. The van der Waals surface area contributed by atoms with Crippen LogP contribution in [0.3, 0.4) is 0 Å². The standard InChI is InChI=1S/C23H26N6O/c1-15-5-7-19(8-6-15)20-9-11-24-23-22(20)18(4)27-29(23)14-21(30)25-17(3)13-28-12-10-16(2)26-28/h5-12,17H,13-14H2,1-4H3,(H,25,30). The van der Waals surface area contributed by atoms with Crippen LogP contribution in [-0.2, 0) is 17.9 Å². The van der Waals surface area contributed by atoms with E-state index in [9.17, 15) is 4.79 Å². The van der Waals surface area contributed by atoms with E-state index < -0.39 is 0 Å². The Morgan fingerprint density at radius 1 is 1.07 bits per heavy atom. The van der Waals surface area contributed by atoms with Gasteiger partial charge in [-0.05, 0) is 51.0 Å². The van der Waals surface area contributed by atoms with Gasteiger partial charge in [-0.1, -0.05) is 29.8 Å². The lowest BCUT2D eigenvalue weighted by atomic mass is 10.0. The second-order valence-electron chi connectivity index (χ2n) is 7.81. The summed E-state index contributed by atoms with van der Waals surface area (Å²) in [6, 6.07) is 12.3. The summed E-state index contributed by atoms with van der Waals surface area (Å²) in [5, 5.41) is 13.0. The highest BCUT2D eigenvalue weighted by atomic mass is 16.2. The van der Waals surface area contributed by atoms with Crippen LogP contribution >= 0.6 is 0 Å². The minimum Gasteiger partial charge on any atom is -0.350 e. The number of benzene rings is 1. The van der Waals surface area contributed by atoms with E-state index in [4.69, 9.17) is 0 Å². The van der Waals surface area contributed by atoms with Crippen molar-refractivity contribution < 1.29 is 4.79 Å². The molecule has 154 valence electrons. The van der Waals surface area contributed by atoms with Gasteiger partial charge in [-0.3, -0.25) is 9.48 Å². The van der Waals surface area contributed by atoms with Crippen LogP contribution in [0, 0.1) is 20.8 Å². The summed E-state index contributed by atoms with van der Waals surface area (Å²) in [4.78, 5) is 17.1. The largest absolute Gasteiger partial charge is 0.350 e. The van der Waals surface area contributed by atoms with Crippen molar-refractivity contribution in [1.82, 2.24) is 29.9 Å². The van der Waals surface area contributed by atoms with Crippen molar-refractivity contribution in [2.24, 2.45) is 0 Å². The Hall–Kier alpha value is -3.48. The zero-order valence-corrected chi connectivity index (χ0v) is 17.8. The molecule has 0 aliphatic heterocycles. The van der Waals surface area contributed by atoms with E-state index in [-0.39, 0.29) is 18.5 Å². The first-order valence-corrected chi connectivity index (χ1v) is 10.1. The third-order valence-electron chi connectivity index (χ3n) is 5.11. The Balaban J connectivity index is 1.54. The van der Waals surface area contributed by atoms with Crippen molar-refractivity contribution in [3.63, 3.8) is 0 Å². The molecule has 3 aromatic heterocycles. The summed E-state index contributed by atoms with van der Waals surface area (Å²) >= 11 is 0. The summed E-state index contributed by atoms with van der Waals surface area (Å²) in [5.41, 5.74) is 5.95. The number of aromatic nitrogens is 5. The summed E-state index contributed by atoms with van der Waals surface area (Å²) in [7, 11) is 0. The number of rotatable bonds is 6. The van der Waals surface area contributed by atoms with E-state index in [1.165, 1.54) is 5.56 Å². The third-order valence-corrected chi connectivity index (χ3v) is 5.11. The molecule has 0 bridgehead atoms. The number of fused-ring (bicyclic) bond motifs is 1. The van der Waals surface area contributed by atoms with Gasteiger partial charge in [-0.25, -0.2) is 9.67 Å². The number of pyridine rings is 1. The fourth-order valence-corrected chi connectivity index (χ4v) is 3.71. The highest BCUT2D eigenvalue weighted by molar-refractivity contribution is 5.95. The zero-order valence-electron chi connectivity index (χ0n) is 17.8. The lowest BCUT2D eigenvalue weighted by molar-refractivity contribution is -0.122. The van der Waals surface area contributed by atoms with Crippen molar-refractivity contribution in [2.45, 2.75) is 46.8 Å². The van der Waals surface area contributed by atoms with Crippen LogP contribution in [0.4, 0.5) is 0 Å². The maximum atomic E-state index is 12.6. The summed E-state index contributed by atoms with van der Waals surface area (Å²) in [5.74, 6) is -0.0988. The van der Waals surface area contributed by atoms with Gasteiger partial charge in [0.2, 0.25) is 5.91 Å². The molecule has 7 nitrogen and oxygen atoms in total. The molecule has 30 heavy (non-hydrogen) atoms. The van der Waals surface area contributed by atoms with Gasteiger partial charge < -0.3 is 5.32 Å². The highest BCUT2D eigenvalue weighted by Gasteiger charge is 2.17. The first kappa shape index (κ1) is 19.8. The molecule has 7 heteroatoms. The average molecular weight is 403 g/mol. The Morgan fingerprint density at radius 2 is 1.83 bits per heavy atom. The van der Waals surface area contributed by atoms with Gasteiger partial charge in [0, 0.05) is 23.8 Å². The van der Waals surface area contributed by atoms with Gasteiger partial charge in [-0.15, -0.1) is 0 Å². The van der Waals surface area contributed by atoms with E-state index in [0.29, 0.717) is 6.54 Å². The fourth-order valence-electron chi connectivity index (χ4n) is 3.71. The van der Waals surface area contributed by atoms with Gasteiger partial charge in [0.1, 0.15) is 6.54 Å². The van der Waals surface area contributed by atoms with Gasteiger partial charge in [-0.2, -0.15) is 10.2 Å². The predicted octanol–water partition coefficient (Wildman–Crippen LogP) is 3.42. The highest BCUT2D eigenvalue weighted by Crippen LogP contribution is 2.29. The van der Waals surface area contributed by atoms with E-state index >= 15 is 0 Å². The second-order valence-corrected chi connectivity index (χ2v) is 7.81. The molecule has 3 heterocycles. The first-order chi connectivity index (χ1) is 14.4. The van der Waals surface area contributed by atoms with Gasteiger partial charge in [0.25, 0.3) is 0 Å². The van der Waals surface area contributed by atoms with Gasteiger partial charge in [0.05, 0.1) is 17.9 Å². The molecule has 0 fully saturated rings. The molecule has 4 aromatic rings. The van der Waals surface area contributed by atoms with E-state index in [1.54, 1.807) is 10.9 Å². The van der Waals surface area contributed by atoms with Gasteiger partial charge >= 0.3 is 0 Å². The molecule has 0 spiro atoms. The number of nitrogens with one attached hydrogen (secondary N) is 1. The summed E-state index contributed by atoms with van der Waals surface area (Å²) in [6.07, 6.45) is 3.69. The minimum atomic E-state index is -0.0988. The molecule has 1 unspecified atom stereocenters. The Bertz CT molecular complexity index is 1190. The van der Waals surface area contributed by atoms with Crippen LogP contribution in [0.15, 0.2) is 48.8 Å². The summed E-state index contributed by atoms with van der Waals surface area (Å²) < 4.78 is 3.52. The van der Waals surface area contributed by atoms with Crippen LogP contribution in [-0.4, -0.2) is 36.5 Å². The Morgan fingerprint density at radius 3 is 2.53 bits per heavy atom. The SMILES string of the molecule is Cc1ccc(-c2ccnc3c2c(C)nn3CC(=O)NC(C)Cn2ccc(C)n2)cc1. The fraction of sp³-hybridized carbons (Fsp3) is 0.304. The molecule has 0 aliphatic rings. The van der Waals surface area contributed by atoms with E-state index in [2.05, 4.69) is 51.7 Å². The van der Waals surface area contributed by atoms with Crippen LogP contribution < -0.4 is 5.32 Å². The maximum Gasteiger partial charge on any atom is 0.242 e. The number of aryl methyl sites for hydroxylation is 3. The number of nitrogens with zero attached hydrogens (tertiary/aromatic N) is 5. The lowest BCUT2D eigenvalue weighted by Gasteiger charge is -2.14. The van der Waals surface area contributed by atoms with Crippen molar-refractivity contribution in [1.29, 1.82) is 0 Å². The van der Waals surface area contributed by atoms with Crippen molar-refractivity contribution in [3.05, 3.63) is 65.7 Å². The average Bonchev–Trinajstić information content (AvgIpc) is 3.25. The molecule has 1 aromatic carbocycles. The topological polar surface area (TPSA) is 77.6 Å². The number of carbonyl (C=O) groups excluding carboxylic acids is 1. The number of carbonyl (C=O) groups is 1. The Kier molecular flexibility index (Phi) is 5.35. The van der Waals surface area contributed by atoms with Gasteiger partial charge in [0.15, 0.2) is 5.65 Å². The molecule has 1 atom stereocenters. The number of hydrogen-bond acceptors (Lipinski definition) is 4. The molecule has 1 N–H and O–H groups in total. The second kappa shape index (κ2) is 8.10. The molecule has 4 rings (SSSR count). The normalized spacial score (nSPS) is 12.3. The predicted molar refractivity (Wildman–Crippen MR) is 117 cm³/mol. The molecule has 0 radical (unpaired) electrons. The molecule has 1 amide bonds. The zero-order chi connectivity index (χ0) is 21.3. The van der Waals surface area contributed by atoms with Crippen LogP contribution in [0.25, 0.3) is 22.2 Å². The minimum absolute atomic E-state index is 0.0456. The quantitative estimate of drug-likeness (QED) is 0.536. The van der Waals surface area contributed by atoms with E-state index in [1.807, 2.05) is 43.8 Å². The maximum absolute atomic E-state index is 12.6. The lowest BCUT2D eigenvalue weighted by Crippen LogP contribution is -2.38. The molecule has 0 aliphatic carbocycles. The van der Waals surface area contributed by atoms with E-state index in [0.717, 1.165) is 33.5 Å². The van der Waals surface area contributed by atoms with Crippen LogP contribution in [0.5, 0.6) is 0 Å². The molecule has 0 saturated carbocycles.